The Balaban J connectivity index is 0.000000148. The Hall–Kier alpha value is -11.2. The van der Waals surface area contributed by atoms with Gasteiger partial charge in [0.15, 0.2) is 0 Å². The first-order chi connectivity index (χ1) is 49.8. The maximum Gasteiger partial charge on any atom is 0.0544 e. The smallest absolute Gasteiger partial charge is 0.0544 e. The molecule has 0 atom stereocenters. The van der Waals surface area contributed by atoms with Gasteiger partial charge in [0, 0.05) is 178 Å². The minimum Gasteiger partial charge on any atom is -0.295 e. The van der Waals surface area contributed by atoms with Gasteiger partial charge in [-0.3, -0.25) is 84.3 Å². The first-order valence-electron chi connectivity index (χ1n) is 34.2. The van der Waals surface area contributed by atoms with E-state index in [0.29, 0.717) is 5.92 Å². The molecule has 12 aromatic heterocycles. The molecular formula is C84H91N17. The van der Waals surface area contributed by atoms with Crippen LogP contribution in [-0.2, 0) is 85.1 Å². The number of aromatic nitrogens is 12. The Morgan fingerprint density at radius 2 is 0.465 bits per heavy atom. The molecule has 0 N–H and O–H groups in total. The maximum atomic E-state index is 4.44. The van der Waals surface area contributed by atoms with Crippen LogP contribution in [0, 0.1) is 5.92 Å². The van der Waals surface area contributed by atoms with Gasteiger partial charge in [0.05, 0.1) is 56.9 Å². The second-order valence-electron chi connectivity index (χ2n) is 24.6. The van der Waals surface area contributed by atoms with E-state index in [4.69, 9.17) is 0 Å². The highest BCUT2D eigenvalue weighted by molar-refractivity contribution is 5.18. The van der Waals surface area contributed by atoms with Crippen molar-refractivity contribution in [3.8, 4) is 0 Å². The van der Waals surface area contributed by atoms with E-state index in [1.165, 1.54) is 16.7 Å². The van der Waals surface area contributed by atoms with E-state index in [0.717, 1.165) is 149 Å². The average molecular weight is 1340 g/mol. The Kier molecular flexibility index (Phi) is 32.2. The second-order valence-corrected chi connectivity index (χ2v) is 24.6. The van der Waals surface area contributed by atoms with Crippen LogP contribution < -0.4 is 0 Å². The third kappa shape index (κ3) is 30.2. The lowest BCUT2D eigenvalue weighted by molar-refractivity contribution is 0.222. The zero-order valence-electron chi connectivity index (χ0n) is 58.2. The lowest BCUT2D eigenvalue weighted by Gasteiger charge is -2.23. The van der Waals surface area contributed by atoms with Crippen molar-refractivity contribution in [2.24, 2.45) is 5.92 Å². The molecule has 512 valence electrons. The topological polar surface area (TPSA) is 171 Å². The first-order valence-corrected chi connectivity index (χ1v) is 34.2. The van der Waals surface area contributed by atoms with Gasteiger partial charge in [0.2, 0.25) is 0 Å². The normalized spacial score (nSPS) is 10.8. The monoisotopic (exact) mass is 1340 g/mol. The fraction of sp³-hybridized carbons (Fsp3) is 0.214. The van der Waals surface area contributed by atoms with Crippen LogP contribution in [0.25, 0.3) is 0 Å². The summed E-state index contributed by atoms with van der Waals surface area (Å²) in [6, 6.07) is 78.9. The van der Waals surface area contributed by atoms with Crippen LogP contribution in [0.1, 0.15) is 87.5 Å². The molecule has 0 bridgehead atoms. The zero-order chi connectivity index (χ0) is 69.8. The summed E-state index contributed by atoms with van der Waals surface area (Å²) in [6.45, 7) is 16.3. The van der Waals surface area contributed by atoms with E-state index in [2.05, 4.69) is 184 Å². The summed E-state index contributed by atoms with van der Waals surface area (Å²) in [4.78, 5) is 63.9. The molecule has 0 aliphatic carbocycles. The average Bonchev–Trinajstić information content (AvgIpc) is 1.67. The summed E-state index contributed by atoms with van der Waals surface area (Å²) in [5.74, 6) is 0.632. The van der Waals surface area contributed by atoms with Crippen LogP contribution in [0.2, 0.25) is 0 Å². The first kappa shape index (κ1) is 74.1. The molecule has 101 heavy (non-hydrogen) atoms. The van der Waals surface area contributed by atoms with Crippen LogP contribution in [0.4, 0.5) is 0 Å². The van der Waals surface area contributed by atoms with Gasteiger partial charge in [-0.25, -0.2) is 0 Å². The lowest BCUT2D eigenvalue weighted by atomic mass is 10.2. The molecular weight excluding hydrogens is 1250 g/mol. The van der Waals surface area contributed by atoms with Crippen molar-refractivity contribution in [2.75, 3.05) is 13.6 Å². The van der Waals surface area contributed by atoms with Gasteiger partial charge in [-0.1, -0.05) is 111 Å². The van der Waals surface area contributed by atoms with Crippen LogP contribution in [0.15, 0.2) is 323 Å². The fourth-order valence-electron chi connectivity index (χ4n) is 10.9. The molecule has 13 aromatic rings. The lowest BCUT2D eigenvalue weighted by Crippen LogP contribution is -2.27. The van der Waals surface area contributed by atoms with Crippen molar-refractivity contribution in [3.05, 3.63) is 397 Å². The van der Waals surface area contributed by atoms with Crippen molar-refractivity contribution in [1.82, 2.24) is 84.3 Å². The maximum absolute atomic E-state index is 4.44. The quantitative estimate of drug-likeness (QED) is 0.0453. The van der Waals surface area contributed by atoms with Gasteiger partial charge in [-0.05, 0) is 169 Å². The standard InChI is InChI=1S/C19H19N3.2C18H18N4.C16H21N3.C13H15N3/c1-2-8-17(9-3-1)14-22(15-18-10-4-6-12-20-18)16-19-11-5-7-13-21-19;1-3-10-20-17(7-1)14-22(13-16-6-5-9-19-12-16)15-18-8-2-4-11-21-18;1-3-9-20-17(5-1)14-22(13-16-7-11-19-12-8-16)15-18-6-2-4-10-21-18;1-14(2)11-19(12-15-7-3-5-9-17-15)13-16-8-4-6-10-18-16;1-16(10-12-6-2-4-8-14-12)11-13-7-3-5-9-15-13/h1-13H,14-16H2;2*1-12H,13-15H2;3-10,14H,11-13H2,1-2H3;2-9H,10-11H2,1H3. The summed E-state index contributed by atoms with van der Waals surface area (Å²) < 4.78 is 0. The van der Waals surface area contributed by atoms with Gasteiger partial charge in [0.1, 0.15) is 0 Å². The van der Waals surface area contributed by atoms with Crippen molar-refractivity contribution >= 4 is 0 Å². The third-order valence-electron chi connectivity index (χ3n) is 15.4. The van der Waals surface area contributed by atoms with Gasteiger partial charge in [-0.15, -0.1) is 0 Å². The third-order valence-corrected chi connectivity index (χ3v) is 15.4. The molecule has 17 nitrogen and oxygen atoms in total. The highest BCUT2D eigenvalue weighted by Gasteiger charge is 2.14. The van der Waals surface area contributed by atoms with Crippen LogP contribution >= 0.6 is 0 Å². The summed E-state index contributed by atoms with van der Waals surface area (Å²) in [7, 11) is 2.07. The summed E-state index contributed by atoms with van der Waals surface area (Å²) in [5.41, 5.74) is 14.5. The van der Waals surface area contributed by atoms with E-state index in [1.54, 1.807) is 6.20 Å². The van der Waals surface area contributed by atoms with Crippen molar-refractivity contribution < 1.29 is 0 Å². The molecule has 12 heterocycles. The number of nitrogens with zero attached hydrogens (tertiary/aromatic N) is 17. The molecule has 17 heteroatoms. The van der Waals surface area contributed by atoms with E-state index >= 15 is 0 Å². The molecule has 0 spiro atoms. The molecule has 0 saturated carbocycles. The number of pyridine rings is 12. The molecule has 0 amide bonds. The predicted octanol–water partition coefficient (Wildman–Crippen LogP) is 15.1. The van der Waals surface area contributed by atoms with E-state index < -0.39 is 0 Å². The molecule has 1 aromatic carbocycles. The van der Waals surface area contributed by atoms with E-state index in [9.17, 15) is 0 Å². The second kappa shape index (κ2) is 44.0. The molecule has 0 aliphatic heterocycles. The highest BCUT2D eigenvalue weighted by atomic mass is 15.2. The Bertz CT molecular complexity index is 3490. The minimum atomic E-state index is 0.632. The van der Waals surface area contributed by atoms with Crippen LogP contribution in [-0.4, -0.2) is 97.9 Å². The number of rotatable bonds is 28. The Morgan fingerprint density at radius 3 is 0.723 bits per heavy atom. The van der Waals surface area contributed by atoms with Crippen molar-refractivity contribution in [3.63, 3.8) is 0 Å². The van der Waals surface area contributed by atoms with Gasteiger partial charge in [0.25, 0.3) is 0 Å². The molecule has 0 unspecified atom stereocenters. The Morgan fingerprint density at radius 1 is 0.218 bits per heavy atom. The van der Waals surface area contributed by atoms with E-state index in [-0.39, 0.29) is 0 Å². The minimum absolute atomic E-state index is 0.632. The van der Waals surface area contributed by atoms with Crippen molar-refractivity contribution in [2.45, 2.75) is 98.9 Å². The number of hydrogen-bond donors (Lipinski definition) is 0. The molecule has 0 saturated heterocycles. The molecule has 13 rings (SSSR count). The van der Waals surface area contributed by atoms with E-state index in [1.807, 2.05) is 238 Å². The number of hydrogen-bond acceptors (Lipinski definition) is 17. The van der Waals surface area contributed by atoms with Crippen LogP contribution in [0.3, 0.4) is 0 Å². The van der Waals surface area contributed by atoms with Crippen molar-refractivity contribution in [1.29, 1.82) is 0 Å². The van der Waals surface area contributed by atoms with Gasteiger partial charge in [-0.2, -0.15) is 0 Å². The number of benzene rings is 1. The molecule has 0 fully saturated rings. The predicted molar refractivity (Wildman–Crippen MR) is 400 cm³/mol. The summed E-state index contributed by atoms with van der Waals surface area (Å²) in [6.07, 6.45) is 25.7. The summed E-state index contributed by atoms with van der Waals surface area (Å²) in [5, 5.41) is 0. The SMILES string of the molecule is CC(C)CN(Cc1ccccn1)Cc1ccccn1.CN(Cc1ccccn1)Cc1ccccn1.c1ccc(CN(Cc2ccccn2)Cc2ccccn2)cc1.c1ccc(CN(Cc2cccnc2)Cc2ccccn2)nc1.c1ccc(CN(Cc2ccncc2)Cc2ccccn2)nc1. The largest absolute Gasteiger partial charge is 0.295 e. The fourth-order valence-corrected chi connectivity index (χ4v) is 10.9. The van der Waals surface area contributed by atoms with Crippen LogP contribution in [0.5, 0.6) is 0 Å². The van der Waals surface area contributed by atoms with Gasteiger partial charge < -0.3 is 0 Å². The van der Waals surface area contributed by atoms with Gasteiger partial charge >= 0.3 is 0 Å². The zero-order valence-corrected chi connectivity index (χ0v) is 58.2. The Labute approximate surface area is 596 Å². The summed E-state index contributed by atoms with van der Waals surface area (Å²) >= 11 is 0. The highest BCUT2D eigenvalue weighted by Crippen LogP contribution is 2.17. The molecule has 0 radical (unpaired) electrons. The molecule has 0 aliphatic rings.